The number of rotatable bonds is 3. The molecule has 0 aromatic heterocycles. The number of hydrogen-bond acceptors (Lipinski definition) is 4. The Kier molecular flexibility index (Phi) is 4.69. The zero-order valence-corrected chi connectivity index (χ0v) is 11.8. The summed E-state index contributed by atoms with van der Waals surface area (Å²) >= 11 is 0. The summed E-state index contributed by atoms with van der Waals surface area (Å²) in [6.45, 7) is 7.09. The van der Waals surface area contributed by atoms with Gasteiger partial charge in [0, 0.05) is 12.8 Å². The third kappa shape index (κ3) is 4.39. The standard InChI is InChI=1S/C13H21N3O3/c1-8-5-6-10(13(3,4)19-9(2)17)7-11(8)15-16-12(14)18/h5,10H,6-7H2,1-4H3,(H3,14,16,18)/b15-11-/t10-/m1/s1. The number of nitrogens with zero attached hydrogens (tertiary/aromatic N) is 1. The topological polar surface area (TPSA) is 93.8 Å². The number of carbonyl (C=O) groups excluding carboxylic acids is 2. The third-order valence-corrected chi connectivity index (χ3v) is 3.29. The van der Waals surface area contributed by atoms with Crippen LogP contribution in [0.1, 0.15) is 40.5 Å². The predicted molar refractivity (Wildman–Crippen MR) is 72.5 cm³/mol. The van der Waals surface area contributed by atoms with Gasteiger partial charge in [-0.2, -0.15) is 5.10 Å². The van der Waals surface area contributed by atoms with Crippen LogP contribution in [0, 0.1) is 5.92 Å². The van der Waals surface area contributed by atoms with Gasteiger partial charge in [0.05, 0.1) is 5.71 Å². The van der Waals surface area contributed by atoms with E-state index in [1.807, 2.05) is 26.8 Å². The predicted octanol–water partition coefficient (Wildman–Crippen LogP) is 1.71. The molecule has 0 unspecified atom stereocenters. The number of nitrogens with one attached hydrogen (secondary N) is 1. The van der Waals surface area contributed by atoms with Crippen LogP contribution in [0.4, 0.5) is 4.79 Å². The number of allylic oxidation sites excluding steroid dienone is 2. The molecule has 1 rings (SSSR count). The molecule has 0 spiro atoms. The van der Waals surface area contributed by atoms with Crippen molar-refractivity contribution in [1.82, 2.24) is 5.43 Å². The van der Waals surface area contributed by atoms with Crippen LogP contribution in [0.25, 0.3) is 0 Å². The first-order valence-electron chi connectivity index (χ1n) is 6.21. The number of esters is 1. The second-order valence-electron chi connectivity index (χ2n) is 5.26. The van der Waals surface area contributed by atoms with Crippen LogP contribution < -0.4 is 11.2 Å². The number of hydrogen-bond donors (Lipinski definition) is 2. The van der Waals surface area contributed by atoms with E-state index >= 15 is 0 Å². The first-order chi connectivity index (χ1) is 8.72. The zero-order valence-electron chi connectivity index (χ0n) is 11.8. The highest BCUT2D eigenvalue weighted by Gasteiger charge is 2.35. The van der Waals surface area contributed by atoms with E-state index < -0.39 is 11.6 Å². The minimum Gasteiger partial charge on any atom is -0.460 e. The minimum atomic E-state index is -0.693. The highest BCUT2D eigenvalue weighted by Crippen LogP contribution is 2.33. The van der Waals surface area contributed by atoms with Crippen LogP contribution in [0.3, 0.4) is 0 Å². The summed E-state index contributed by atoms with van der Waals surface area (Å²) in [5, 5.41) is 3.99. The molecule has 1 aliphatic carbocycles. The first kappa shape index (κ1) is 15.2. The van der Waals surface area contributed by atoms with E-state index in [1.54, 1.807) is 0 Å². The van der Waals surface area contributed by atoms with Gasteiger partial charge in [0.1, 0.15) is 5.60 Å². The molecule has 0 radical (unpaired) electrons. The van der Waals surface area contributed by atoms with Crippen molar-refractivity contribution < 1.29 is 14.3 Å². The molecule has 0 saturated carbocycles. The highest BCUT2D eigenvalue weighted by atomic mass is 16.6. The molecular weight excluding hydrogens is 246 g/mol. The van der Waals surface area contributed by atoms with Gasteiger partial charge < -0.3 is 10.5 Å². The van der Waals surface area contributed by atoms with Crippen molar-refractivity contribution in [3.8, 4) is 0 Å². The maximum absolute atomic E-state index is 11.1. The summed E-state index contributed by atoms with van der Waals surface area (Å²) < 4.78 is 5.35. The smallest absolute Gasteiger partial charge is 0.332 e. The second-order valence-corrected chi connectivity index (χ2v) is 5.26. The van der Waals surface area contributed by atoms with Crippen molar-refractivity contribution >= 4 is 17.7 Å². The number of urea groups is 1. The van der Waals surface area contributed by atoms with Crippen molar-refractivity contribution in [3.05, 3.63) is 11.6 Å². The summed E-state index contributed by atoms with van der Waals surface area (Å²) in [4.78, 5) is 21.8. The Bertz CT molecular complexity index is 438. The van der Waals surface area contributed by atoms with Crippen LogP contribution in [0.2, 0.25) is 0 Å². The molecule has 106 valence electrons. The molecule has 0 saturated heterocycles. The van der Waals surface area contributed by atoms with Crippen LogP contribution in [0.15, 0.2) is 16.8 Å². The molecule has 0 bridgehead atoms. The Morgan fingerprint density at radius 2 is 2.16 bits per heavy atom. The Hall–Kier alpha value is -1.85. The van der Waals surface area contributed by atoms with Gasteiger partial charge in [0.25, 0.3) is 0 Å². The summed E-state index contributed by atoms with van der Waals surface area (Å²) in [6.07, 6.45) is 3.46. The number of amides is 2. The molecule has 0 aromatic carbocycles. The Morgan fingerprint density at radius 1 is 1.53 bits per heavy atom. The van der Waals surface area contributed by atoms with Crippen LogP contribution in [-0.4, -0.2) is 23.3 Å². The Morgan fingerprint density at radius 3 is 2.68 bits per heavy atom. The van der Waals surface area contributed by atoms with E-state index in [9.17, 15) is 9.59 Å². The summed E-state index contributed by atoms with van der Waals surface area (Å²) in [7, 11) is 0. The lowest BCUT2D eigenvalue weighted by atomic mass is 9.78. The summed E-state index contributed by atoms with van der Waals surface area (Å²) in [6, 6.07) is -0.693. The molecular formula is C13H21N3O3. The molecule has 0 aromatic rings. The maximum Gasteiger partial charge on any atom is 0.332 e. The van der Waals surface area contributed by atoms with Gasteiger partial charge in [-0.1, -0.05) is 6.08 Å². The fourth-order valence-corrected chi connectivity index (χ4v) is 2.15. The zero-order chi connectivity index (χ0) is 14.6. The number of hydrazone groups is 1. The molecule has 2 amide bonds. The number of ether oxygens (including phenoxy) is 1. The lowest BCUT2D eigenvalue weighted by Crippen LogP contribution is -2.39. The van der Waals surface area contributed by atoms with E-state index in [0.29, 0.717) is 6.42 Å². The molecule has 6 heteroatoms. The molecule has 0 heterocycles. The van der Waals surface area contributed by atoms with Gasteiger partial charge in [-0.3, -0.25) is 4.79 Å². The van der Waals surface area contributed by atoms with Crippen LogP contribution >= 0.6 is 0 Å². The Labute approximate surface area is 113 Å². The molecule has 19 heavy (non-hydrogen) atoms. The lowest BCUT2D eigenvalue weighted by Gasteiger charge is -2.35. The maximum atomic E-state index is 11.1. The van der Waals surface area contributed by atoms with E-state index in [-0.39, 0.29) is 11.9 Å². The number of primary amides is 1. The summed E-state index contributed by atoms with van der Waals surface area (Å²) in [5.74, 6) is -0.182. The van der Waals surface area contributed by atoms with Crippen LogP contribution in [-0.2, 0) is 9.53 Å². The molecule has 1 atom stereocenters. The van der Waals surface area contributed by atoms with Gasteiger partial charge in [0.2, 0.25) is 0 Å². The van der Waals surface area contributed by atoms with Crippen molar-refractivity contribution in [2.45, 2.75) is 46.1 Å². The number of nitrogens with two attached hydrogens (primary N) is 1. The van der Waals surface area contributed by atoms with E-state index in [1.165, 1.54) is 6.92 Å². The lowest BCUT2D eigenvalue weighted by molar-refractivity contribution is -0.158. The van der Waals surface area contributed by atoms with Gasteiger partial charge in [-0.15, -0.1) is 0 Å². The third-order valence-electron chi connectivity index (χ3n) is 3.29. The van der Waals surface area contributed by atoms with Crippen molar-refractivity contribution in [1.29, 1.82) is 0 Å². The Balaban J connectivity index is 2.84. The monoisotopic (exact) mass is 267 g/mol. The average Bonchev–Trinajstić information content (AvgIpc) is 2.25. The van der Waals surface area contributed by atoms with Gasteiger partial charge >= 0.3 is 12.0 Å². The average molecular weight is 267 g/mol. The fourth-order valence-electron chi connectivity index (χ4n) is 2.15. The molecule has 3 N–H and O–H groups in total. The second kappa shape index (κ2) is 5.86. The minimum absolute atomic E-state index is 0.119. The largest absolute Gasteiger partial charge is 0.460 e. The van der Waals surface area contributed by atoms with E-state index in [4.69, 9.17) is 10.5 Å². The van der Waals surface area contributed by atoms with Crippen LogP contribution in [0.5, 0.6) is 0 Å². The molecule has 0 aliphatic heterocycles. The van der Waals surface area contributed by atoms with Crippen molar-refractivity contribution in [3.63, 3.8) is 0 Å². The quantitative estimate of drug-likeness (QED) is 0.602. The van der Waals surface area contributed by atoms with Gasteiger partial charge in [-0.25, -0.2) is 10.2 Å². The van der Waals surface area contributed by atoms with E-state index in [2.05, 4.69) is 10.5 Å². The molecule has 6 nitrogen and oxygen atoms in total. The highest BCUT2D eigenvalue weighted by molar-refractivity contribution is 6.01. The molecule has 1 aliphatic rings. The van der Waals surface area contributed by atoms with Gasteiger partial charge in [-0.05, 0) is 39.2 Å². The van der Waals surface area contributed by atoms with Crippen molar-refractivity contribution in [2.75, 3.05) is 0 Å². The summed E-state index contributed by atoms with van der Waals surface area (Å²) in [5.41, 5.74) is 8.42. The van der Waals surface area contributed by atoms with E-state index in [0.717, 1.165) is 17.7 Å². The van der Waals surface area contributed by atoms with Gasteiger partial charge in [0.15, 0.2) is 0 Å². The molecule has 0 fully saturated rings. The first-order valence-corrected chi connectivity index (χ1v) is 6.21. The fraction of sp³-hybridized carbons (Fsp3) is 0.615. The normalized spacial score (nSPS) is 21.8. The SMILES string of the molecule is CC(=O)OC(C)(C)[C@@H]1CC=C(C)/C(=N\NC(N)=O)C1. The van der Waals surface area contributed by atoms with Crippen molar-refractivity contribution in [2.24, 2.45) is 16.8 Å². The number of carbonyl (C=O) groups is 2.